The number of nitrogens with one attached hydrogen (secondary N) is 2. The predicted octanol–water partition coefficient (Wildman–Crippen LogP) is 5.06. The molecule has 0 radical (unpaired) electrons. The summed E-state index contributed by atoms with van der Waals surface area (Å²) >= 11 is 0. The van der Waals surface area contributed by atoms with E-state index in [-0.39, 0.29) is 6.61 Å². The third-order valence-corrected chi connectivity index (χ3v) is 6.73. The van der Waals surface area contributed by atoms with Crippen LogP contribution in [-0.4, -0.2) is 76.3 Å². The first kappa shape index (κ1) is 47.2. The van der Waals surface area contributed by atoms with Crippen LogP contribution in [0.3, 0.4) is 0 Å². The van der Waals surface area contributed by atoms with E-state index in [1.807, 2.05) is 91.0 Å². The Morgan fingerprint density at radius 3 is 1.44 bits per heavy atom. The second-order valence-electron chi connectivity index (χ2n) is 14.0. The largest absolute Gasteiger partial charge is 0.480 e. The summed E-state index contributed by atoms with van der Waals surface area (Å²) in [5.74, 6) is -2.16. The van der Waals surface area contributed by atoms with Crippen LogP contribution in [0, 0.1) is 0 Å². The van der Waals surface area contributed by atoms with Gasteiger partial charge in [0, 0.05) is 0 Å². The van der Waals surface area contributed by atoms with Gasteiger partial charge in [-0.25, -0.2) is 19.9 Å². The van der Waals surface area contributed by atoms with Crippen LogP contribution in [0.2, 0.25) is 0 Å². The zero-order chi connectivity index (χ0) is 40.7. The first-order chi connectivity index (χ1) is 25.3. The molecule has 0 unspecified atom stereocenters. The molecule has 0 bridgehead atoms. The highest BCUT2D eigenvalue weighted by Gasteiger charge is 2.29. The normalized spacial score (nSPS) is 13.2. The number of carbonyl (C=O) groups is 4. The number of hydrogen-bond acceptors (Lipinski definition) is 11. The molecule has 14 heteroatoms. The number of amides is 2. The number of hydrogen-bond donors (Lipinski definition) is 5. The number of alkyl carbamates (subject to hydrolysis) is 1. The van der Waals surface area contributed by atoms with Crippen LogP contribution in [0.15, 0.2) is 91.0 Å². The quantitative estimate of drug-likeness (QED) is 0.102. The van der Waals surface area contributed by atoms with E-state index < -0.39 is 66.0 Å². The molecule has 0 aromatic heterocycles. The fourth-order valence-corrected chi connectivity index (χ4v) is 4.04. The number of aliphatic carboxylic acids is 1. The predicted molar refractivity (Wildman–Crippen MR) is 202 cm³/mol. The summed E-state index contributed by atoms with van der Waals surface area (Å²) in [6.07, 6.45) is -1.91. The van der Waals surface area contributed by atoms with Gasteiger partial charge in [-0.05, 0) is 72.1 Å². The van der Waals surface area contributed by atoms with Crippen molar-refractivity contribution >= 4 is 23.9 Å². The van der Waals surface area contributed by atoms with Crippen molar-refractivity contribution in [2.75, 3.05) is 6.61 Å². The Hall–Kier alpha value is -4.86. The van der Waals surface area contributed by atoms with Crippen molar-refractivity contribution in [1.29, 1.82) is 0 Å². The molecule has 0 saturated heterocycles. The molecular formula is C40H57N3O11. The van der Waals surface area contributed by atoms with Crippen LogP contribution in [0.25, 0.3) is 0 Å². The summed E-state index contributed by atoms with van der Waals surface area (Å²) < 4.78 is 20.9. The molecule has 4 atom stereocenters. The number of hydroxylamine groups is 1. The number of aliphatic hydroxyl groups excluding tert-OH is 1. The number of esters is 1. The maximum Gasteiger partial charge on any atom is 0.408 e. The molecule has 2 amide bonds. The van der Waals surface area contributed by atoms with Crippen molar-refractivity contribution in [2.24, 2.45) is 5.73 Å². The maximum absolute atomic E-state index is 11.9. The topological polar surface area (TPSA) is 205 Å². The number of aliphatic hydroxyl groups is 1. The maximum atomic E-state index is 11.9. The van der Waals surface area contributed by atoms with Gasteiger partial charge in [0.1, 0.15) is 23.9 Å². The molecule has 14 nitrogen and oxygen atoms in total. The van der Waals surface area contributed by atoms with Crippen molar-refractivity contribution in [3.05, 3.63) is 108 Å². The molecule has 0 saturated carbocycles. The number of carboxylic acid groups (broad SMARTS) is 1. The lowest BCUT2D eigenvalue weighted by Gasteiger charge is -2.25. The van der Waals surface area contributed by atoms with Gasteiger partial charge >= 0.3 is 18.0 Å². The van der Waals surface area contributed by atoms with Crippen molar-refractivity contribution in [1.82, 2.24) is 10.8 Å². The Morgan fingerprint density at radius 2 is 1.07 bits per heavy atom. The zero-order valence-electron chi connectivity index (χ0n) is 32.4. The number of rotatable bonds is 15. The monoisotopic (exact) mass is 755 g/mol. The van der Waals surface area contributed by atoms with Crippen molar-refractivity contribution in [2.45, 2.75) is 111 Å². The molecule has 0 aliphatic carbocycles. The lowest BCUT2D eigenvalue weighted by Crippen LogP contribution is -2.50. The Bertz CT molecular complexity index is 1510. The van der Waals surface area contributed by atoms with E-state index in [9.17, 15) is 24.3 Å². The molecular weight excluding hydrogens is 698 g/mol. The van der Waals surface area contributed by atoms with Gasteiger partial charge in [-0.1, -0.05) is 91.0 Å². The SMILES string of the molecule is CC(C)(C)OC(=O)CO.C[C@@H](OCc1ccccc1)[C@H](N)C(=O)NOCc1ccccc1.C[C@@H](OCc1ccccc1)[C@H](NC(=O)OC(C)(C)C)C(=O)O. The third-order valence-electron chi connectivity index (χ3n) is 6.73. The summed E-state index contributed by atoms with van der Waals surface area (Å²) in [7, 11) is 0. The second-order valence-corrected chi connectivity index (χ2v) is 14.0. The Kier molecular flexibility index (Phi) is 21.4. The van der Waals surface area contributed by atoms with Gasteiger partial charge in [-0.3, -0.25) is 9.63 Å². The summed E-state index contributed by atoms with van der Waals surface area (Å²) in [5.41, 5.74) is 10.0. The molecule has 0 spiro atoms. The Morgan fingerprint density at radius 1 is 0.667 bits per heavy atom. The van der Waals surface area contributed by atoms with Gasteiger partial charge in [-0.2, -0.15) is 0 Å². The highest BCUT2D eigenvalue weighted by molar-refractivity contribution is 5.81. The van der Waals surface area contributed by atoms with Gasteiger partial charge < -0.3 is 40.2 Å². The van der Waals surface area contributed by atoms with Gasteiger partial charge in [0.15, 0.2) is 6.04 Å². The average Bonchev–Trinajstić information content (AvgIpc) is 3.11. The van der Waals surface area contributed by atoms with Crippen LogP contribution in [0.5, 0.6) is 0 Å². The molecule has 6 N–H and O–H groups in total. The Labute approximate surface area is 318 Å². The standard InChI is InChI=1S/C18H22N2O3.C16H23NO5.C6H12O3/c1-14(22-12-15-8-4-2-5-9-15)17(19)18(21)20-23-13-16-10-6-3-7-11-16;1-11(21-10-12-8-6-5-7-9-12)13(14(18)19)17-15(20)22-16(2,3)4;1-6(2,3)9-5(8)4-7/h2-11,14,17H,12-13,19H2,1H3,(H,20,21);5-9,11,13H,10H2,1-4H3,(H,17,20)(H,18,19);7H,4H2,1-3H3/t14-,17+;11-,13+;/m11./s1. The highest BCUT2D eigenvalue weighted by Crippen LogP contribution is 2.11. The first-order valence-electron chi connectivity index (χ1n) is 17.4. The van der Waals surface area contributed by atoms with Crippen molar-refractivity contribution < 1.29 is 53.2 Å². The van der Waals surface area contributed by atoms with Gasteiger partial charge in [0.05, 0.1) is 32.0 Å². The van der Waals surface area contributed by atoms with E-state index in [0.717, 1.165) is 16.7 Å². The van der Waals surface area contributed by atoms with E-state index in [1.165, 1.54) is 0 Å². The van der Waals surface area contributed by atoms with Crippen molar-refractivity contribution in [3.63, 3.8) is 0 Å². The molecule has 3 rings (SSSR count). The number of nitrogens with two attached hydrogens (primary N) is 1. The molecule has 54 heavy (non-hydrogen) atoms. The average molecular weight is 756 g/mol. The second kappa shape index (κ2) is 24.5. The molecule has 0 fully saturated rings. The zero-order valence-corrected chi connectivity index (χ0v) is 32.4. The van der Waals surface area contributed by atoms with E-state index >= 15 is 0 Å². The third kappa shape index (κ3) is 22.3. The minimum atomic E-state index is -1.18. The molecule has 0 aliphatic rings. The lowest BCUT2D eigenvalue weighted by molar-refractivity contribution is -0.158. The number of benzene rings is 3. The molecule has 0 heterocycles. The Balaban J connectivity index is 0.000000443. The van der Waals surface area contributed by atoms with Crippen molar-refractivity contribution in [3.8, 4) is 0 Å². The van der Waals surface area contributed by atoms with Gasteiger partial charge in [0.2, 0.25) is 0 Å². The molecule has 3 aromatic rings. The first-order valence-corrected chi connectivity index (χ1v) is 17.4. The van der Waals surface area contributed by atoms with E-state index in [1.54, 1.807) is 55.4 Å². The smallest absolute Gasteiger partial charge is 0.408 e. The van der Waals surface area contributed by atoms with Crippen LogP contribution in [-0.2, 0) is 58.0 Å². The minimum Gasteiger partial charge on any atom is -0.480 e. The summed E-state index contributed by atoms with van der Waals surface area (Å²) in [6, 6.07) is 26.7. The number of ether oxygens (including phenoxy) is 4. The van der Waals surface area contributed by atoms with Crippen LogP contribution < -0.4 is 16.5 Å². The van der Waals surface area contributed by atoms with Gasteiger partial charge in [-0.15, -0.1) is 0 Å². The minimum absolute atomic E-state index is 0.266. The highest BCUT2D eigenvalue weighted by atomic mass is 16.7. The summed E-state index contributed by atoms with van der Waals surface area (Å²) in [6.45, 7) is 14.2. The van der Waals surface area contributed by atoms with Crippen LogP contribution in [0.1, 0.15) is 72.1 Å². The summed E-state index contributed by atoms with van der Waals surface area (Å²) in [4.78, 5) is 50.5. The molecule has 0 aliphatic heterocycles. The summed E-state index contributed by atoms with van der Waals surface area (Å²) in [5, 5.41) is 19.8. The molecule has 3 aromatic carbocycles. The van der Waals surface area contributed by atoms with Crippen LogP contribution in [0.4, 0.5) is 4.79 Å². The van der Waals surface area contributed by atoms with E-state index in [4.69, 9.17) is 34.6 Å². The fraction of sp³-hybridized carbons (Fsp3) is 0.450. The van der Waals surface area contributed by atoms with E-state index in [0.29, 0.717) is 13.2 Å². The lowest BCUT2D eigenvalue weighted by atomic mass is 10.1. The van der Waals surface area contributed by atoms with E-state index in [2.05, 4.69) is 10.8 Å². The molecule has 298 valence electrons. The fourth-order valence-electron chi connectivity index (χ4n) is 4.04. The van der Waals surface area contributed by atoms with Crippen LogP contribution >= 0.6 is 0 Å². The number of carbonyl (C=O) groups excluding carboxylic acids is 3. The number of carboxylic acids is 1. The van der Waals surface area contributed by atoms with Gasteiger partial charge in [0.25, 0.3) is 5.91 Å².